The third-order valence-corrected chi connectivity index (χ3v) is 4.48. The number of piperidine rings is 1. The summed E-state index contributed by atoms with van der Waals surface area (Å²) in [6.45, 7) is 1.20. The Kier molecular flexibility index (Phi) is 2.14. The fourth-order valence-corrected chi connectivity index (χ4v) is 3.61. The summed E-state index contributed by atoms with van der Waals surface area (Å²) in [4.78, 5) is 0. The van der Waals surface area contributed by atoms with E-state index in [1.807, 2.05) is 0 Å². The first-order valence-corrected chi connectivity index (χ1v) is 6.07. The minimum atomic E-state index is 0.709. The normalized spacial score (nSPS) is 31.2. The largest absolute Gasteiger partial charge is 0.238 e. The van der Waals surface area contributed by atoms with E-state index < -0.39 is 0 Å². The van der Waals surface area contributed by atoms with Gasteiger partial charge in [-0.15, -0.1) is 0 Å². The van der Waals surface area contributed by atoms with Crippen molar-refractivity contribution < 1.29 is 0 Å². The molecule has 2 atom stereocenters. The van der Waals surface area contributed by atoms with Gasteiger partial charge in [0.25, 0.3) is 0 Å². The molecule has 3 rings (SSSR count). The molecule has 0 aromatic heterocycles. The highest BCUT2D eigenvalue weighted by Crippen LogP contribution is 2.42. The van der Waals surface area contributed by atoms with Crippen LogP contribution in [0, 0.1) is 0 Å². The first-order valence-electron chi connectivity index (χ1n) is 5.36. The van der Waals surface area contributed by atoms with Crippen molar-refractivity contribution >= 4 is 16.1 Å². The second-order valence-electron chi connectivity index (χ2n) is 4.34. The highest BCUT2D eigenvalue weighted by atomic mass is 79.9. The average molecular weight is 252 g/mol. The van der Waals surface area contributed by atoms with Crippen LogP contribution in [0.3, 0.4) is 0 Å². The molecule has 0 amide bonds. The molecule has 2 heteroatoms. The van der Waals surface area contributed by atoms with Crippen LogP contribution in [-0.2, 0) is 6.42 Å². The third kappa shape index (κ3) is 1.24. The van der Waals surface area contributed by atoms with Crippen molar-refractivity contribution in [3.8, 4) is 0 Å². The van der Waals surface area contributed by atoms with E-state index in [9.17, 15) is 0 Å². The van der Waals surface area contributed by atoms with Crippen molar-refractivity contribution in [2.75, 3.05) is 6.54 Å². The fraction of sp³-hybridized carbons (Fsp3) is 0.500. The van der Waals surface area contributed by atoms with Gasteiger partial charge in [-0.1, -0.05) is 24.3 Å². The van der Waals surface area contributed by atoms with Gasteiger partial charge >= 0.3 is 0 Å². The van der Waals surface area contributed by atoms with Gasteiger partial charge in [0, 0.05) is 34.7 Å². The summed E-state index contributed by atoms with van der Waals surface area (Å²) in [6.07, 6.45) is 3.91. The van der Waals surface area contributed by atoms with Gasteiger partial charge in [0.1, 0.15) is 0 Å². The second-order valence-corrected chi connectivity index (χ2v) is 5.25. The first kappa shape index (κ1) is 8.93. The second kappa shape index (κ2) is 3.35. The van der Waals surface area contributed by atoms with Crippen LogP contribution in [-0.4, -0.2) is 16.5 Å². The molecule has 0 radical (unpaired) electrons. The van der Waals surface area contributed by atoms with E-state index in [-0.39, 0.29) is 0 Å². The molecule has 0 spiro atoms. The molecule has 0 bridgehead atoms. The Balaban J connectivity index is 2.00. The number of hydrogen-bond acceptors (Lipinski definition) is 1. The van der Waals surface area contributed by atoms with Crippen molar-refractivity contribution in [3.63, 3.8) is 0 Å². The Morgan fingerprint density at radius 3 is 3.07 bits per heavy atom. The maximum Gasteiger partial charge on any atom is 0.0314 e. The van der Waals surface area contributed by atoms with Gasteiger partial charge in [-0.05, 0) is 30.4 Å². The lowest BCUT2D eigenvalue weighted by atomic mass is 9.90. The third-order valence-electron chi connectivity index (χ3n) is 3.59. The summed E-state index contributed by atoms with van der Waals surface area (Å²) in [7, 11) is 0. The lowest BCUT2D eigenvalue weighted by molar-refractivity contribution is 0.264. The first-order chi connectivity index (χ1) is 6.86. The predicted octanol–water partition coefficient (Wildman–Crippen LogP) is 3.10. The fourth-order valence-electron chi connectivity index (χ4n) is 2.93. The van der Waals surface area contributed by atoms with E-state index in [1.54, 1.807) is 11.1 Å². The molecule has 1 heterocycles. The van der Waals surface area contributed by atoms with Crippen LogP contribution in [0.4, 0.5) is 0 Å². The van der Waals surface area contributed by atoms with Crippen molar-refractivity contribution in [2.45, 2.75) is 31.2 Å². The van der Waals surface area contributed by atoms with Crippen LogP contribution < -0.4 is 0 Å². The van der Waals surface area contributed by atoms with Crippen molar-refractivity contribution in [3.05, 3.63) is 35.4 Å². The summed E-state index contributed by atoms with van der Waals surface area (Å²) in [5.41, 5.74) is 3.16. The molecule has 1 aromatic carbocycles. The van der Waals surface area contributed by atoms with Crippen LogP contribution in [0.25, 0.3) is 0 Å². The maximum absolute atomic E-state index is 3.69. The Morgan fingerprint density at radius 2 is 2.14 bits per heavy atom. The number of hydrogen-bond donors (Lipinski definition) is 0. The van der Waals surface area contributed by atoms with E-state index in [4.69, 9.17) is 0 Å². The highest BCUT2D eigenvalue weighted by molar-refractivity contribution is 9.07. The summed E-state index contributed by atoms with van der Waals surface area (Å²) in [5.74, 6) is 0.777. The quantitative estimate of drug-likeness (QED) is 0.641. The number of nitrogens with zero attached hydrogens (tertiary/aromatic N) is 1. The average Bonchev–Trinajstić information content (AvgIpc) is 2.59. The smallest absolute Gasteiger partial charge is 0.0314 e. The maximum atomic E-state index is 3.69. The minimum Gasteiger partial charge on any atom is -0.238 e. The molecular formula is C12H14BrN. The van der Waals surface area contributed by atoms with E-state index in [0.29, 0.717) is 6.04 Å². The standard InChI is InChI=1S/C12H14BrN/c13-14-7-3-6-11-10-5-2-1-4-9(10)8-12(11)14/h1-2,4-5,11-12H,3,6-8H2. The molecule has 74 valence electrons. The van der Waals surface area contributed by atoms with E-state index in [0.717, 1.165) is 5.92 Å². The summed E-state index contributed by atoms with van der Waals surface area (Å²) < 4.78 is 2.36. The molecule has 1 saturated heterocycles. The van der Waals surface area contributed by atoms with Gasteiger partial charge in [0.2, 0.25) is 0 Å². The lowest BCUT2D eigenvalue weighted by Crippen LogP contribution is -2.35. The van der Waals surface area contributed by atoms with Gasteiger partial charge in [0.15, 0.2) is 0 Å². The van der Waals surface area contributed by atoms with Crippen molar-refractivity contribution in [1.82, 2.24) is 3.93 Å². The van der Waals surface area contributed by atoms with Gasteiger partial charge in [0.05, 0.1) is 0 Å². The van der Waals surface area contributed by atoms with Crippen LogP contribution in [0.15, 0.2) is 24.3 Å². The Hall–Kier alpha value is -0.340. The van der Waals surface area contributed by atoms with Crippen LogP contribution >= 0.6 is 16.1 Å². The molecule has 0 saturated carbocycles. The summed E-state index contributed by atoms with van der Waals surface area (Å²) in [5, 5.41) is 0. The number of halogens is 1. The Bertz CT molecular complexity index is 350. The summed E-state index contributed by atoms with van der Waals surface area (Å²) in [6, 6.07) is 9.64. The zero-order valence-electron chi connectivity index (χ0n) is 8.12. The van der Waals surface area contributed by atoms with Gasteiger partial charge in [-0.2, -0.15) is 0 Å². The number of rotatable bonds is 0. The molecule has 14 heavy (non-hydrogen) atoms. The van der Waals surface area contributed by atoms with Crippen molar-refractivity contribution in [2.24, 2.45) is 0 Å². The molecule has 1 nitrogen and oxygen atoms in total. The molecule has 1 aromatic rings. The van der Waals surface area contributed by atoms with Crippen molar-refractivity contribution in [1.29, 1.82) is 0 Å². The summed E-state index contributed by atoms with van der Waals surface area (Å²) >= 11 is 3.69. The Morgan fingerprint density at radius 1 is 1.29 bits per heavy atom. The van der Waals surface area contributed by atoms with E-state index in [2.05, 4.69) is 44.3 Å². The topological polar surface area (TPSA) is 3.24 Å². The number of fused-ring (bicyclic) bond motifs is 3. The zero-order chi connectivity index (χ0) is 9.54. The molecule has 2 unspecified atom stereocenters. The van der Waals surface area contributed by atoms with Crippen LogP contribution in [0.5, 0.6) is 0 Å². The highest BCUT2D eigenvalue weighted by Gasteiger charge is 2.37. The zero-order valence-corrected chi connectivity index (χ0v) is 9.70. The lowest BCUT2D eigenvalue weighted by Gasteiger charge is -2.33. The van der Waals surface area contributed by atoms with Gasteiger partial charge in [-0.3, -0.25) is 0 Å². The van der Waals surface area contributed by atoms with E-state index in [1.165, 1.54) is 25.8 Å². The molecular weight excluding hydrogens is 238 g/mol. The molecule has 2 aliphatic rings. The van der Waals surface area contributed by atoms with Gasteiger partial charge in [-0.25, -0.2) is 3.93 Å². The molecule has 1 aliphatic heterocycles. The Labute approximate surface area is 93.4 Å². The number of benzene rings is 1. The SMILES string of the molecule is BrN1CCCC2c3ccccc3CC21. The van der Waals surface area contributed by atoms with E-state index >= 15 is 0 Å². The van der Waals surface area contributed by atoms with Gasteiger partial charge < -0.3 is 0 Å². The minimum absolute atomic E-state index is 0.709. The molecule has 1 fully saturated rings. The van der Waals surface area contributed by atoms with Crippen LogP contribution in [0.2, 0.25) is 0 Å². The van der Waals surface area contributed by atoms with Crippen LogP contribution in [0.1, 0.15) is 29.9 Å². The monoisotopic (exact) mass is 251 g/mol. The molecule has 0 N–H and O–H groups in total. The molecule has 1 aliphatic carbocycles. The predicted molar refractivity (Wildman–Crippen MR) is 61.5 cm³/mol.